The van der Waals surface area contributed by atoms with Crippen LogP contribution in [-0.2, 0) is 9.53 Å². The molecule has 1 aliphatic rings. The molecule has 0 aliphatic carbocycles. The summed E-state index contributed by atoms with van der Waals surface area (Å²) in [5, 5.41) is 0. The van der Waals surface area contributed by atoms with E-state index in [0.717, 1.165) is 12.8 Å². The van der Waals surface area contributed by atoms with E-state index in [-0.39, 0.29) is 11.3 Å². The summed E-state index contributed by atoms with van der Waals surface area (Å²) in [6.07, 6.45) is 2.13. The van der Waals surface area contributed by atoms with Crippen LogP contribution in [0.25, 0.3) is 0 Å². The summed E-state index contributed by atoms with van der Waals surface area (Å²) in [7, 11) is 2.66. The Bertz CT molecular complexity index is 546. The zero-order valence-corrected chi connectivity index (χ0v) is 12.1. The minimum absolute atomic E-state index is 0.143. The molecular weight excluding hydrogens is 277 g/mol. The lowest BCUT2D eigenvalue weighted by Crippen LogP contribution is -2.48. The molecule has 0 spiro atoms. The summed E-state index contributed by atoms with van der Waals surface area (Å²) in [6.45, 7) is 0.399. The van der Waals surface area contributed by atoms with Gasteiger partial charge < -0.3 is 14.4 Å². The van der Waals surface area contributed by atoms with E-state index in [1.165, 1.54) is 37.3 Å². The first-order valence-electron chi connectivity index (χ1n) is 6.81. The Labute approximate surface area is 122 Å². The molecular formula is C15H18FNO4. The molecule has 2 rings (SSSR count). The Hall–Kier alpha value is -2.11. The topological polar surface area (TPSA) is 55.8 Å². The van der Waals surface area contributed by atoms with Crippen molar-refractivity contribution < 1.29 is 23.5 Å². The van der Waals surface area contributed by atoms with Crippen LogP contribution in [0.2, 0.25) is 0 Å². The summed E-state index contributed by atoms with van der Waals surface area (Å²) < 4.78 is 23.8. The first-order chi connectivity index (χ1) is 10.1. The first kappa shape index (κ1) is 15.3. The van der Waals surface area contributed by atoms with Crippen LogP contribution in [0.1, 0.15) is 29.6 Å². The van der Waals surface area contributed by atoms with E-state index in [2.05, 4.69) is 0 Å². The molecule has 1 saturated heterocycles. The molecule has 0 bridgehead atoms. The molecule has 1 aromatic carbocycles. The summed E-state index contributed by atoms with van der Waals surface area (Å²) in [6, 6.07) is 3.53. The number of methoxy groups -OCH3 is 2. The molecule has 21 heavy (non-hydrogen) atoms. The number of carbonyl (C=O) groups is 2. The standard InChI is InChI=1S/C15H18FNO4/c1-20-12-8-5-6-10(16)13(12)14(18)17-9-4-3-7-11(17)15(19)21-2/h5-6,8,11H,3-4,7,9H2,1-2H3. The molecule has 0 aromatic heterocycles. The first-order valence-corrected chi connectivity index (χ1v) is 6.81. The van der Waals surface area contributed by atoms with Crippen molar-refractivity contribution in [1.29, 1.82) is 0 Å². The Kier molecular flexibility index (Phi) is 4.77. The Morgan fingerprint density at radius 1 is 1.29 bits per heavy atom. The highest BCUT2D eigenvalue weighted by Gasteiger charge is 2.35. The number of rotatable bonds is 3. The predicted molar refractivity (Wildman–Crippen MR) is 73.6 cm³/mol. The number of hydrogen-bond acceptors (Lipinski definition) is 4. The maximum atomic E-state index is 14.0. The van der Waals surface area contributed by atoms with Gasteiger partial charge in [-0.2, -0.15) is 0 Å². The van der Waals surface area contributed by atoms with Gasteiger partial charge in [0.2, 0.25) is 0 Å². The number of carbonyl (C=O) groups excluding carboxylic acids is 2. The van der Waals surface area contributed by atoms with Gasteiger partial charge >= 0.3 is 5.97 Å². The van der Waals surface area contributed by atoms with Crippen molar-refractivity contribution in [2.24, 2.45) is 0 Å². The van der Waals surface area contributed by atoms with Gasteiger partial charge in [0.05, 0.1) is 14.2 Å². The molecule has 1 unspecified atom stereocenters. The molecule has 0 N–H and O–H groups in total. The lowest BCUT2D eigenvalue weighted by atomic mass is 10.0. The third-order valence-electron chi connectivity index (χ3n) is 3.65. The summed E-state index contributed by atoms with van der Waals surface area (Å²) in [5.41, 5.74) is -0.143. The molecule has 0 radical (unpaired) electrons. The van der Waals surface area contributed by atoms with Crippen LogP contribution in [0, 0.1) is 5.82 Å². The number of hydrogen-bond donors (Lipinski definition) is 0. The van der Waals surface area contributed by atoms with E-state index in [1.807, 2.05) is 0 Å². The fourth-order valence-corrected chi connectivity index (χ4v) is 2.58. The van der Waals surface area contributed by atoms with E-state index in [0.29, 0.717) is 13.0 Å². The van der Waals surface area contributed by atoms with E-state index in [1.54, 1.807) is 0 Å². The smallest absolute Gasteiger partial charge is 0.328 e. The fraction of sp³-hybridized carbons (Fsp3) is 0.467. The molecule has 1 atom stereocenters. The number of esters is 1. The molecule has 6 heteroatoms. The second kappa shape index (κ2) is 6.56. The SMILES string of the molecule is COC(=O)C1CCCCN1C(=O)c1c(F)cccc1OC. The van der Waals surface area contributed by atoms with Crippen molar-refractivity contribution in [2.75, 3.05) is 20.8 Å². The zero-order chi connectivity index (χ0) is 15.4. The zero-order valence-electron chi connectivity index (χ0n) is 12.1. The molecule has 1 heterocycles. The third-order valence-corrected chi connectivity index (χ3v) is 3.65. The van der Waals surface area contributed by atoms with Gasteiger partial charge in [-0.1, -0.05) is 6.07 Å². The quantitative estimate of drug-likeness (QED) is 0.800. The highest BCUT2D eigenvalue weighted by molar-refractivity contribution is 5.99. The Balaban J connectivity index is 2.35. The van der Waals surface area contributed by atoms with Gasteiger partial charge in [-0.05, 0) is 31.4 Å². The molecule has 114 valence electrons. The average Bonchev–Trinajstić information content (AvgIpc) is 2.53. The molecule has 1 amide bonds. The van der Waals surface area contributed by atoms with Gasteiger partial charge in [-0.15, -0.1) is 0 Å². The molecule has 1 fully saturated rings. The van der Waals surface area contributed by atoms with Crippen LogP contribution in [0.3, 0.4) is 0 Å². The van der Waals surface area contributed by atoms with Crippen molar-refractivity contribution in [3.05, 3.63) is 29.6 Å². The number of likely N-dealkylation sites (tertiary alicyclic amines) is 1. The van der Waals surface area contributed by atoms with Crippen LogP contribution < -0.4 is 4.74 Å². The van der Waals surface area contributed by atoms with E-state index in [9.17, 15) is 14.0 Å². The number of piperidine rings is 1. The van der Waals surface area contributed by atoms with Gasteiger partial charge in [0.25, 0.3) is 5.91 Å². The summed E-state index contributed by atoms with van der Waals surface area (Å²) in [5.74, 6) is -1.51. The second-order valence-corrected chi connectivity index (χ2v) is 4.85. The monoisotopic (exact) mass is 295 g/mol. The van der Waals surface area contributed by atoms with E-state index in [4.69, 9.17) is 9.47 Å². The van der Waals surface area contributed by atoms with Gasteiger partial charge in [0, 0.05) is 6.54 Å². The van der Waals surface area contributed by atoms with Gasteiger partial charge in [-0.25, -0.2) is 9.18 Å². The van der Waals surface area contributed by atoms with Crippen molar-refractivity contribution >= 4 is 11.9 Å². The Morgan fingerprint density at radius 3 is 2.71 bits per heavy atom. The van der Waals surface area contributed by atoms with Crippen LogP contribution in [0.5, 0.6) is 5.75 Å². The second-order valence-electron chi connectivity index (χ2n) is 4.85. The van der Waals surface area contributed by atoms with E-state index < -0.39 is 23.7 Å². The van der Waals surface area contributed by atoms with Gasteiger partial charge in [-0.3, -0.25) is 4.79 Å². The number of benzene rings is 1. The largest absolute Gasteiger partial charge is 0.496 e. The van der Waals surface area contributed by atoms with Crippen molar-refractivity contribution in [3.8, 4) is 5.75 Å². The van der Waals surface area contributed by atoms with Crippen molar-refractivity contribution in [2.45, 2.75) is 25.3 Å². The number of ether oxygens (including phenoxy) is 2. The maximum absolute atomic E-state index is 14.0. The average molecular weight is 295 g/mol. The normalized spacial score (nSPS) is 18.2. The van der Waals surface area contributed by atoms with Gasteiger partial charge in [0.1, 0.15) is 23.2 Å². The highest BCUT2D eigenvalue weighted by atomic mass is 19.1. The number of amides is 1. The van der Waals surface area contributed by atoms with Crippen LogP contribution in [0.4, 0.5) is 4.39 Å². The number of nitrogens with zero attached hydrogens (tertiary/aromatic N) is 1. The lowest BCUT2D eigenvalue weighted by molar-refractivity contribution is -0.147. The number of halogens is 1. The lowest BCUT2D eigenvalue weighted by Gasteiger charge is -2.34. The molecule has 1 aliphatic heterocycles. The summed E-state index contributed by atoms with van der Waals surface area (Å²) >= 11 is 0. The predicted octanol–water partition coefficient (Wildman–Crippen LogP) is 2.00. The van der Waals surface area contributed by atoms with Crippen molar-refractivity contribution in [3.63, 3.8) is 0 Å². The van der Waals surface area contributed by atoms with E-state index >= 15 is 0 Å². The minimum Gasteiger partial charge on any atom is -0.496 e. The Morgan fingerprint density at radius 2 is 2.05 bits per heavy atom. The third kappa shape index (κ3) is 2.99. The fourth-order valence-electron chi connectivity index (χ4n) is 2.58. The van der Waals surface area contributed by atoms with Crippen LogP contribution in [0.15, 0.2) is 18.2 Å². The highest BCUT2D eigenvalue weighted by Crippen LogP contribution is 2.27. The van der Waals surface area contributed by atoms with Gasteiger partial charge in [0.15, 0.2) is 0 Å². The molecule has 0 saturated carbocycles. The van der Waals surface area contributed by atoms with Crippen molar-refractivity contribution in [1.82, 2.24) is 4.90 Å². The van der Waals surface area contributed by atoms with Crippen LogP contribution in [-0.4, -0.2) is 43.6 Å². The van der Waals surface area contributed by atoms with Crippen LogP contribution >= 0.6 is 0 Å². The molecule has 5 nitrogen and oxygen atoms in total. The molecule has 1 aromatic rings. The minimum atomic E-state index is -0.666. The maximum Gasteiger partial charge on any atom is 0.328 e. The summed E-state index contributed by atoms with van der Waals surface area (Å²) in [4.78, 5) is 25.8.